The van der Waals surface area contributed by atoms with Crippen LogP contribution in [0.4, 0.5) is 5.82 Å². The molecule has 0 bridgehead atoms. The molecule has 1 aromatic carbocycles. The Labute approximate surface area is 151 Å². The van der Waals surface area contributed by atoms with Gasteiger partial charge in [-0.25, -0.2) is 4.98 Å². The first-order valence-electron chi connectivity index (χ1n) is 7.83. The van der Waals surface area contributed by atoms with E-state index >= 15 is 0 Å². The molecule has 0 atom stereocenters. The molecule has 0 fully saturated rings. The van der Waals surface area contributed by atoms with E-state index in [9.17, 15) is 4.79 Å². The van der Waals surface area contributed by atoms with Gasteiger partial charge in [0, 0.05) is 42.3 Å². The van der Waals surface area contributed by atoms with E-state index < -0.39 is 0 Å². The summed E-state index contributed by atoms with van der Waals surface area (Å²) in [4.78, 5) is 20.6. The molecule has 2 heterocycles. The molecule has 0 saturated heterocycles. The van der Waals surface area contributed by atoms with Crippen LogP contribution >= 0.6 is 11.6 Å². The maximum absolute atomic E-state index is 12.3. The van der Waals surface area contributed by atoms with Crippen LogP contribution in [-0.2, 0) is 13.1 Å². The first-order chi connectivity index (χ1) is 12.2. The highest BCUT2D eigenvalue weighted by atomic mass is 35.5. The van der Waals surface area contributed by atoms with E-state index in [1.165, 1.54) is 0 Å². The third-order valence-corrected chi connectivity index (χ3v) is 4.01. The van der Waals surface area contributed by atoms with E-state index in [0.29, 0.717) is 29.5 Å². The zero-order chi connectivity index (χ0) is 17.5. The fourth-order valence-corrected chi connectivity index (χ4v) is 2.48. The summed E-state index contributed by atoms with van der Waals surface area (Å²) in [6.07, 6.45) is 5.09. The fourth-order valence-electron chi connectivity index (χ4n) is 2.28. The Morgan fingerprint density at radius 3 is 2.60 bits per heavy atom. The molecule has 2 aromatic heterocycles. The predicted molar refractivity (Wildman–Crippen MR) is 98.4 cm³/mol. The second-order valence-corrected chi connectivity index (χ2v) is 5.82. The highest BCUT2D eigenvalue weighted by Gasteiger charge is 2.08. The van der Waals surface area contributed by atoms with E-state index in [2.05, 4.69) is 20.6 Å². The fraction of sp³-hybridized carbons (Fsp3) is 0.105. The van der Waals surface area contributed by atoms with E-state index in [0.717, 1.165) is 11.1 Å². The van der Waals surface area contributed by atoms with Crippen LogP contribution in [0.25, 0.3) is 0 Å². The number of carbonyl (C=O) groups excluding carboxylic acids is 1. The van der Waals surface area contributed by atoms with Gasteiger partial charge >= 0.3 is 0 Å². The molecule has 0 spiro atoms. The number of hydrogen-bond donors (Lipinski definition) is 2. The summed E-state index contributed by atoms with van der Waals surface area (Å²) in [6.45, 7) is 0.987. The summed E-state index contributed by atoms with van der Waals surface area (Å²) in [7, 11) is 0. The minimum atomic E-state index is -0.172. The van der Waals surface area contributed by atoms with E-state index in [-0.39, 0.29) is 5.91 Å². The lowest BCUT2D eigenvalue weighted by molar-refractivity contribution is 0.0951. The normalized spacial score (nSPS) is 10.3. The molecule has 0 aliphatic rings. The predicted octanol–water partition coefficient (Wildman–Crippen LogP) is 3.67. The third-order valence-electron chi connectivity index (χ3n) is 3.64. The average Bonchev–Trinajstić information content (AvgIpc) is 2.66. The van der Waals surface area contributed by atoms with Crippen LogP contribution in [0.2, 0.25) is 5.02 Å². The van der Waals surface area contributed by atoms with Crippen LogP contribution in [0.5, 0.6) is 0 Å². The molecule has 0 unspecified atom stereocenters. The number of nitrogens with one attached hydrogen (secondary N) is 2. The van der Waals surface area contributed by atoms with Gasteiger partial charge in [0.05, 0.1) is 0 Å². The summed E-state index contributed by atoms with van der Waals surface area (Å²) in [5, 5.41) is 6.71. The van der Waals surface area contributed by atoms with Gasteiger partial charge in [-0.15, -0.1) is 0 Å². The van der Waals surface area contributed by atoms with Gasteiger partial charge < -0.3 is 10.6 Å². The summed E-state index contributed by atoms with van der Waals surface area (Å²) >= 11 is 6.10. The molecule has 126 valence electrons. The van der Waals surface area contributed by atoms with Crippen LogP contribution < -0.4 is 10.6 Å². The van der Waals surface area contributed by atoms with E-state index in [1.807, 2.05) is 30.3 Å². The van der Waals surface area contributed by atoms with Crippen molar-refractivity contribution in [3.8, 4) is 0 Å². The summed E-state index contributed by atoms with van der Waals surface area (Å²) in [5.74, 6) is 0.469. The molecule has 1 amide bonds. The van der Waals surface area contributed by atoms with Crippen molar-refractivity contribution < 1.29 is 4.79 Å². The SMILES string of the molecule is O=C(NCc1ccccc1Cl)c1ccnc(NCc2ccncc2)c1. The van der Waals surface area contributed by atoms with Crippen molar-refractivity contribution in [3.63, 3.8) is 0 Å². The lowest BCUT2D eigenvalue weighted by Crippen LogP contribution is -2.23. The Morgan fingerprint density at radius 2 is 1.80 bits per heavy atom. The molecule has 3 rings (SSSR count). The van der Waals surface area contributed by atoms with Gasteiger partial charge in [0.15, 0.2) is 0 Å². The number of amides is 1. The van der Waals surface area contributed by atoms with Gasteiger partial charge in [-0.05, 0) is 41.5 Å². The Bertz CT molecular complexity index is 855. The molecule has 5 nitrogen and oxygen atoms in total. The first-order valence-corrected chi connectivity index (χ1v) is 8.20. The standard InChI is InChI=1S/C19H17ClN4O/c20-17-4-2-1-3-16(17)13-24-19(25)15-7-10-22-18(11-15)23-12-14-5-8-21-9-6-14/h1-11H,12-13H2,(H,22,23)(H,24,25). The number of pyridine rings is 2. The zero-order valence-electron chi connectivity index (χ0n) is 13.4. The second-order valence-electron chi connectivity index (χ2n) is 5.41. The van der Waals surface area contributed by atoms with Gasteiger partial charge in [0.2, 0.25) is 0 Å². The van der Waals surface area contributed by atoms with Gasteiger partial charge in [-0.2, -0.15) is 0 Å². The van der Waals surface area contributed by atoms with Crippen LogP contribution in [0.3, 0.4) is 0 Å². The van der Waals surface area contributed by atoms with E-state index in [4.69, 9.17) is 11.6 Å². The Balaban J connectivity index is 1.60. The number of hydrogen-bond acceptors (Lipinski definition) is 4. The molecular formula is C19H17ClN4O. The summed E-state index contributed by atoms with van der Waals surface area (Å²) < 4.78 is 0. The molecule has 0 saturated carbocycles. The maximum atomic E-state index is 12.3. The summed E-state index contributed by atoms with van der Waals surface area (Å²) in [5.41, 5.74) is 2.51. The van der Waals surface area contributed by atoms with Crippen LogP contribution in [-0.4, -0.2) is 15.9 Å². The first kappa shape index (κ1) is 16.9. The monoisotopic (exact) mass is 352 g/mol. The lowest BCUT2D eigenvalue weighted by atomic mass is 10.2. The number of halogens is 1. The van der Waals surface area contributed by atoms with Crippen LogP contribution in [0.1, 0.15) is 21.5 Å². The minimum Gasteiger partial charge on any atom is -0.366 e. The molecule has 3 aromatic rings. The molecule has 0 radical (unpaired) electrons. The molecule has 6 heteroatoms. The zero-order valence-corrected chi connectivity index (χ0v) is 14.2. The van der Waals surface area contributed by atoms with Crippen molar-refractivity contribution in [1.82, 2.24) is 15.3 Å². The Morgan fingerprint density at radius 1 is 1.00 bits per heavy atom. The third kappa shape index (κ3) is 4.78. The van der Waals surface area contributed by atoms with Gasteiger partial charge in [-0.1, -0.05) is 29.8 Å². The topological polar surface area (TPSA) is 66.9 Å². The van der Waals surface area contributed by atoms with Crippen molar-refractivity contribution in [2.45, 2.75) is 13.1 Å². The van der Waals surface area contributed by atoms with Crippen LogP contribution in [0, 0.1) is 0 Å². The molecule has 0 aliphatic heterocycles. The number of nitrogens with zero attached hydrogens (tertiary/aromatic N) is 2. The molecule has 0 aliphatic carbocycles. The van der Waals surface area contributed by atoms with Crippen LogP contribution in [0.15, 0.2) is 67.1 Å². The van der Waals surface area contributed by atoms with Crippen molar-refractivity contribution in [2.75, 3.05) is 5.32 Å². The van der Waals surface area contributed by atoms with Gasteiger partial charge in [-0.3, -0.25) is 9.78 Å². The number of carbonyl (C=O) groups is 1. The smallest absolute Gasteiger partial charge is 0.251 e. The highest BCUT2D eigenvalue weighted by Crippen LogP contribution is 2.15. The average molecular weight is 353 g/mol. The van der Waals surface area contributed by atoms with Crippen molar-refractivity contribution in [3.05, 3.63) is 88.8 Å². The van der Waals surface area contributed by atoms with E-state index in [1.54, 1.807) is 36.8 Å². The Hall–Kier alpha value is -2.92. The van der Waals surface area contributed by atoms with Gasteiger partial charge in [0.25, 0.3) is 5.91 Å². The van der Waals surface area contributed by atoms with Crippen molar-refractivity contribution >= 4 is 23.3 Å². The number of anilines is 1. The Kier molecular flexibility index (Phi) is 5.59. The molecular weight excluding hydrogens is 336 g/mol. The largest absolute Gasteiger partial charge is 0.366 e. The maximum Gasteiger partial charge on any atom is 0.251 e. The number of rotatable bonds is 6. The quantitative estimate of drug-likeness (QED) is 0.710. The lowest BCUT2D eigenvalue weighted by Gasteiger charge is -2.09. The molecule has 25 heavy (non-hydrogen) atoms. The summed E-state index contributed by atoms with van der Waals surface area (Å²) in [6, 6.07) is 14.7. The van der Waals surface area contributed by atoms with Crippen molar-refractivity contribution in [2.24, 2.45) is 0 Å². The van der Waals surface area contributed by atoms with Crippen molar-refractivity contribution in [1.29, 1.82) is 0 Å². The molecule has 2 N–H and O–H groups in total. The number of benzene rings is 1. The number of aromatic nitrogens is 2. The van der Waals surface area contributed by atoms with Gasteiger partial charge in [0.1, 0.15) is 5.82 Å². The second kappa shape index (κ2) is 8.26. The minimum absolute atomic E-state index is 0.172. The highest BCUT2D eigenvalue weighted by molar-refractivity contribution is 6.31.